The number of amides is 1. The van der Waals surface area contributed by atoms with Gasteiger partial charge in [-0.05, 0) is 56.6 Å². The number of rotatable bonds is 1. The number of para-hydroxylation sites is 2. The van der Waals surface area contributed by atoms with E-state index < -0.39 is 0 Å². The van der Waals surface area contributed by atoms with Crippen molar-refractivity contribution in [3.05, 3.63) is 24.3 Å². The van der Waals surface area contributed by atoms with Crippen molar-refractivity contribution in [2.24, 2.45) is 23.5 Å². The fourth-order valence-corrected chi connectivity index (χ4v) is 4.81. The highest BCUT2D eigenvalue weighted by Crippen LogP contribution is 2.43. The van der Waals surface area contributed by atoms with Crippen LogP contribution < -0.4 is 15.4 Å². The molecular weight excluding hydrogens is 288 g/mol. The monoisotopic (exact) mass is 314 g/mol. The molecule has 124 valence electrons. The first-order chi connectivity index (χ1) is 11.1. The molecule has 4 nitrogen and oxygen atoms in total. The van der Waals surface area contributed by atoms with Crippen molar-refractivity contribution in [1.29, 1.82) is 0 Å². The molecule has 1 aromatic carbocycles. The van der Waals surface area contributed by atoms with Crippen molar-refractivity contribution < 1.29 is 9.53 Å². The van der Waals surface area contributed by atoms with Crippen LogP contribution in [0.3, 0.4) is 0 Å². The smallest absolute Gasteiger partial charge is 0.230 e. The predicted molar refractivity (Wildman–Crippen MR) is 90.4 cm³/mol. The zero-order valence-corrected chi connectivity index (χ0v) is 13.8. The third-order valence-electron chi connectivity index (χ3n) is 5.95. The number of hydrogen-bond donors (Lipinski definition) is 1. The van der Waals surface area contributed by atoms with E-state index in [2.05, 4.69) is 0 Å². The van der Waals surface area contributed by atoms with Crippen LogP contribution in [0.4, 0.5) is 5.69 Å². The molecule has 3 atom stereocenters. The van der Waals surface area contributed by atoms with Crippen LogP contribution >= 0.6 is 0 Å². The Bertz CT molecular complexity index is 589. The summed E-state index contributed by atoms with van der Waals surface area (Å²) < 4.78 is 5.88. The molecule has 0 spiro atoms. The Balaban J connectivity index is 1.58. The van der Waals surface area contributed by atoms with Crippen LogP contribution in [0, 0.1) is 17.8 Å². The fourth-order valence-electron chi connectivity index (χ4n) is 4.81. The molecule has 2 aliphatic carbocycles. The molecule has 0 radical (unpaired) electrons. The molecule has 1 amide bonds. The van der Waals surface area contributed by atoms with Crippen LogP contribution in [0.2, 0.25) is 0 Å². The van der Waals surface area contributed by atoms with Crippen LogP contribution in [-0.2, 0) is 4.79 Å². The van der Waals surface area contributed by atoms with Crippen molar-refractivity contribution in [1.82, 2.24) is 0 Å². The molecule has 2 bridgehead atoms. The summed E-state index contributed by atoms with van der Waals surface area (Å²) in [6, 6.07) is 8.20. The third-order valence-corrected chi connectivity index (χ3v) is 5.95. The lowest BCUT2D eigenvalue weighted by atomic mass is 9.65. The first-order valence-corrected chi connectivity index (χ1v) is 8.96. The molecule has 3 aliphatic rings. The van der Waals surface area contributed by atoms with Crippen molar-refractivity contribution >= 4 is 11.6 Å². The van der Waals surface area contributed by atoms with E-state index in [9.17, 15) is 4.79 Å². The molecule has 2 saturated carbocycles. The molecule has 4 rings (SSSR count). The largest absolute Gasteiger partial charge is 0.487 e. The van der Waals surface area contributed by atoms with Gasteiger partial charge in [-0.15, -0.1) is 0 Å². The summed E-state index contributed by atoms with van der Waals surface area (Å²) in [6.07, 6.45) is 5.63. The van der Waals surface area contributed by atoms with E-state index in [1.165, 1.54) is 19.3 Å². The Morgan fingerprint density at radius 1 is 1.22 bits per heavy atom. The maximum absolute atomic E-state index is 13.2. The summed E-state index contributed by atoms with van der Waals surface area (Å²) in [7, 11) is 0. The third kappa shape index (κ3) is 2.63. The van der Waals surface area contributed by atoms with E-state index in [4.69, 9.17) is 10.5 Å². The zero-order chi connectivity index (χ0) is 16.0. The molecule has 3 unspecified atom stereocenters. The summed E-state index contributed by atoms with van der Waals surface area (Å²) in [5.41, 5.74) is 7.31. The van der Waals surface area contributed by atoms with Crippen LogP contribution in [0.25, 0.3) is 0 Å². The fraction of sp³-hybridized carbons (Fsp3) is 0.632. The van der Waals surface area contributed by atoms with Gasteiger partial charge in [0.1, 0.15) is 11.9 Å². The van der Waals surface area contributed by atoms with Crippen LogP contribution in [0.15, 0.2) is 24.3 Å². The highest BCUT2D eigenvalue weighted by molar-refractivity contribution is 5.97. The average molecular weight is 314 g/mol. The number of nitrogens with zero attached hydrogens (tertiary/aromatic N) is 1. The molecule has 0 aromatic heterocycles. The van der Waals surface area contributed by atoms with Gasteiger partial charge < -0.3 is 15.4 Å². The minimum Gasteiger partial charge on any atom is -0.487 e. The molecular formula is C19H26N2O2. The molecule has 0 saturated heterocycles. The predicted octanol–water partition coefficient (Wildman–Crippen LogP) is 2.95. The number of carbonyl (C=O) groups is 1. The van der Waals surface area contributed by atoms with E-state index >= 15 is 0 Å². The lowest BCUT2D eigenvalue weighted by Crippen LogP contribution is -2.51. The topological polar surface area (TPSA) is 55.6 Å². The second-order valence-corrected chi connectivity index (χ2v) is 7.54. The van der Waals surface area contributed by atoms with E-state index in [0.717, 1.165) is 24.3 Å². The van der Waals surface area contributed by atoms with Gasteiger partial charge in [-0.3, -0.25) is 4.79 Å². The lowest BCUT2D eigenvalue weighted by Gasteiger charge is -2.45. The van der Waals surface area contributed by atoms with E-state index in [1.54, 1.807) is 0 Å². The first kappa shape index (κ1) is 15.0. The number of nitrogens with two attached hydrogens (primary N) is 1. The summed E-state index contributed by atoms with van der Waals surface area (Å²) >= 11 is 0. The standard InChI is InChI=1S/C19H26N2O2/c1-12-11-21(16-7-2-3-8-17(16)23-12)19(22)15-9-13-5-4-6-14(10-15)18(13)20/h2-3,7-8,12-15,18H,4-6,9-11,20H2,1H3. The Labute approximate surface area is 138 Å². The highest BCUT2D eigenvalue weighted by atomic mass is 16.5. The highest BCUT2D eigenvalue weighted by Gasteiger charge is 2.42. The summed E-state index contributed by atoms with van der Waals surface area (Å²) in [6.45, 7) is 2.68. The van der Waals surface area contributed by atoms with E-state index in [-0.39, 0.29) is 17.9 Å². The number of fused-ring (bicyclic) bond motifs is 3. The minimum atomic E-state index is 0.0409. The Hall–Kier alpha value is -1.55. The maximum atomic E-state index is 13.2. The second kappa shape index (κ2) is 5.82. The quantitative estimate of drug-likeness (QED) is 0.867. The van der Waals surface area contributed by atoms with Gasteiger partial charge in [0.05, 0.1) is 12.2 Å². The average Bonchev–Trinajstić information content (AvgIpc) is 2.53. The van der Waals surface area contributed by atoms with E-state index in [0.29, 0.717) is 24.4 Å². The van der Waals surface area contributed by atoms with Gasteiger partial charge in [0.25, 0.3) is 0 Å². The van der Waals surface area contributed by atoms with Gasteiger partial charge in [-0.25, -0.2) is 0 Å². The maximum Gasteiger partial charge on any atom is 0.230 e. The van der Waals surface area contributed by atoms with Crippen LogP contribution in [0.5, 0.6) is 5.75 Å². The van der Waals surface area contributed by atoms with Gasteiger partial charge in [-0.1, -0.05) is 18.6 Å². The Morgan fingerprint density at radius 3 is 2.65 bits per heavy atom. The number of ether oxygens (including phenoxy) is 1. The molecule has 1 heterocycles. The number of hydrogen-bond acceptors (Lipinski definition) is 3. The van der Waals surface area contributed by atoms with Crippen LogP contribution in [0.1, 0.15) is 39.0 Å². The molecule has 2 fully saturated rings. The molecule has 2 N–H and O–H groups in total. The van der Waals surface area contributed by atoms with E-state index in [1.807, 2.05) is 36.1 Å². The van der Waals surface area contributed by atoms with Gasteiger partial charge in [0.2, 0.25) is 5.91 Å². The molecule has 4 heteroatoms. The Morgan fingerprint density at radius 2 is 1.91 bits per heavy atom. The minimum absolute atomic E-state index is 0.0409. The summed E-state index contributed by atoms with van der Waals surface area (Å²) in [5.74, 6) is 2.29. The summed E-state index contributed by atoms with van der Waals surface area (Å²) in [5, 5.41) is 0. The van der Waals surface area contributed by atoms with Gasteiger partial charge in [0, 0.05) is 12.0 Å². The van der Waals surface area contributed by atoms with Crippen molar-refractivity contribution in [2.45, 2.75) is 51.2 Å². The number of anilines is 1. The normalized spacial score (nSPS) is 36.1. The molecule has 23 heavy (non-hydrogen) atoms. The van der Waals surface area contributed by atoms with Gasteiger partial charge in [0.15, 0.2) is 0 Å². The van der Waals surface area contributed by atoms with Gasteiger partial charge in [-0.2, -0.15) is 0 Å². The van der Waals surface area contributed by atoms with Gasteiger partial charge >= 0.3 is 0 Å². The van der Waals surface area contributed by atoms with Crippen molar-refractivity contribution in [2.75, 3.05) is 11.4 Å². The number of carbonyl (C=O) groups excluding carboxylic acids is 1. The van der Waals surface area contributed by atoms with Crippen LogP contribution in [-0.4, -0.2) is 24.6 Å². The van der Waals surface area contributed by atoms with Crippen molar-refractivity contribution in [3.63, 3.8) is 0 Å². The SMILES string of the molecule is CC1CN(C(=O)C2CC3CCCC(C2)C3N)c2ccccc2O1. The summed E-state index contributed by atoms with van der Waals surface area (Å²) in [4.78, 5) is 15.2. The Kier molecular flexibility index (Phi) is 3.80. The molecule has 1 aromatic rings. The number of benzene rings is 1. The first-order valence-electron chi connectivity index (χ1n) is 8.96. The lowest BCUT2D eigenvalue weighted by molar-refractivity contribution is -0.125. The van der Waals surface area contributed by atoms with Crippen molar-refractivity contribution in [3.8, 4) is 5.75 Å². The second-order valence-electron chi connectivity index (χ2n) is 7.54. The zero-order valence-electron chi connectivity index (χ0n) is 13.8. The molecule has 1 aliphatic heterocycles.